The van der Waals surface area contributed by atoms with Gasteiger partial charge in [-0.3, -0.25) is 9.59 Å². The number of likely N-dealkylation sites (tertiary alicyclic amines) is 1. The summed E-state index contributed by atoms with van der Waals surface area (Å²) in [6, 6.07) is 6.16. The van der Waals surface area contributed by atoms with E-state index < -0.39 is 16.1 Å². The summed E-state index contributed by atoms with van der Waals surface area (Å²) in [5, 5.41) is 5.65. The number of hydrogen-bond donors (Lipinski definition) is 2. The van der Waals surface area contributed by atoms with Gasteiger partial charge in [-0.05, 0) is 45.2 Å². The van der Waals surface area contributed by atoms with E-state index in [1.165, 1.54) is 0 Å². The number of carbonyl (C=O) groups excluding carboxylic acids is 2. The average Bonchev–Trinajstić information content (AvgIpc) is 2.99. The molecule has 8 nitrogen and oxygen atoms in total. The van der Waals surface area contributed by atoms with Crippen molar-refractivity contribution in [1.29, 1.82) is 0 Å². The molecule has 3 unspecified atom stereocenters. The molecule has 9 heteroatoms. The fraction of sp³-hybridized carbons (Fsp3) is 0.550. The number of hydrogen-bond acceptors (Lipinski definition) is 5. The summed E-state index contributed by atoms with van der Waals surface area (Å²) in [5.41, 5.74) is 0.579. The molecule has 3 atom stereocenters. The third-order valence-corrected chi connectivity index (χ3v) is 6.78. The molecule has 2 N–H and O–H groups in total. The minimum absolute atomic E-state index is 0.0504. The molecule has 2 amide bonds. The third kappa shape index (κ3) is 4.60. The standard InChI is InChI=1S/C20H28N4O4S/c1-4-13(2)21-19(25)14(3)22-20(26)15-8-7-11-24(12-15)18-16-9-5-6-10-17(16)29(27,28)23-18/h5-6,9-10,13-15H,4,7-8,11-12H2,1-3H3,(H,21,25)(H,22,26). The van der Waals surface area contributed by atoms with Crippen molar-refractivity contribution in [2.75, 3.05) is 13.1 Å². The summed E-state index contributed by atoms with van der Waals surface area (Å²) < 4.78 is 28.6. The fourth-order valence-corrected chi connectivity index (χ4v) is 4.79. The molecule has 1 saturated heterocycles. The average molecular weight is 421 g/mol. The number of nitrogens with zero attached hydrogens (tertiary/aromatic N) is 2. The van der Waals surface area contributed by atoms with Crippen LogP contribution in [-0.4, -0.2) is 56.1 Å². The van der Waals surface area contributed by atoms with Crippen molar-refractivity contribution < 1.29 is 18.0 Å². The monoisotopic (exact) mass is 420 g/mol. The van der Waals surface area contributed by atoms with Gasteiger partial charge in [0.1, 0.15) is 10.9 Å². The maximum atomic E-state index is 12.7. The molecule has 2 heterocycles. The highest BCUT2D eigenvalue weighted by atomic mass is 32.2. The van der Waals surface area contributed by atoms with Gasteiger partial charge in [0, 0.05) is 24.7 Å². The van der Waals surface area contributed by atoms with Gasteiger partial charge in [-0.25, -0.2) is 0 Å². The van der Waals surface area contributed by atoms with Crippen LogP contribution in [0.25, 0.3) is 0 Å². The number of carbonyl (C=O) groups is 2. The van der Waals surface area contributed by atoms with Crippen LogP contribution in [0.2, 0.25) is 0 Å². The van der Waals surface area contributed by atoms with Gasteiger partial charge in [0.15, 0.2) is 5.84 Å². The highest BCUT2D eigenvalue weighted by Crippen LogP contribution is 2.29. The molecule has 0 saturated carbocycles. The summed E-state index contributed by atoms with van der Waals surface area (Å²) in [5.74, 6) is -0.335. The normalized spacial score (nSPS) is 22.2. The maximum absolute atomic E-state index is 12.7. The van der Waals surface area contributed by atoms with Crippen LogP contribution in [0.3, 0.4) is 0 Å². The van der Waals surface area contributed by atoms with Crippen LogP contribution in [-0.2, 0) is 19.6 Å². The van der Waals surface area contributed by atoms with Gasteiger partial charge in [0.2, 0.25) is 11.8 Å². The van der Waals surface area contributed by atoms with Crippen LogP contribution in [0, 0.1) is 5.92 Å². The first-order valence-electron chi connectivity index (χ1n) is 10.0. The molecule has 2 aliphatic heterocycles. The van der Waals surface area contributed by atoms with E-state index in [4.69, 9.17) is 0 Å². The molecule has 158 valence electrons. The first-order valence-corrected chi connectivity index (χ1v) is 11.5. The Labute approximate surface area is 171 Å². The second-order valence-electron chi connectivity index (χ2n) is 7.72. The van der Waals surface area contributed by atoms with Crippen LogP contribution >= 0.6 is 0 Å². The van der Waals surface area contributed by atoms with E-state index in [1.807, 2.05) is 18.7 Å². The minimum atomic E-state index is -3.69. The molecule has 0 aliphatic carbocycles. The predicted molar refractivity (Wildman–Crippen MR) is 110 cm³/mol. The smallest absolute Gasteiger partial charge is 0.285 e. The SMILES string of the molecule is CCC(C)NC(=O)C(C)NC(=O)C1CCCN(C2=NS(=O)(=O)c3ccccc32)C1. The van der Waals surface area contributed by atoms with Crippen molar-refractivity contribution in [2.45, 2.75) is 57.0 Å². The van der Waals surface area contributed by atoms with E-state index >= 15 is 0 Å². The molecule has 0 aromatic heterocycles. The Morgan fingerprint density at radius 1 is 1.24 bits per heavy atom. The zero-order valence-electron chi connectivity index (χ0n) is 17.0. The van der Waals surface area contributed by atoms with Crippen molar-refractivity contribution in [3.63, 3.8) is 0 Å². The number of nitrogens with one attached hydrogen (secondary N) is 2. The highest BCUT2D eigenvalue weighted by molar-refractivity contribution is 7.90. The van der Waals surface area contributed by atoms with Crippen LogP contribution in [0.5, 0.6) is 0 Å². The lowest BCUT2D eigenvalue weighted by Crippen LogP contribution is -2.51. The summed E-state index contributed by atoms with van der Waals surface area (Å²) >= 11 is 0. The van der Waals surface area contributed by atoms with Crippen LogP contribution in [0.15, 0.2) is 33.6 Å². The zero-order valence-corrected chi connectivity index (χ0v) is 17.8. The lowest BCUT2D eigenvalue weighted by molar-refractivity contribution is -0.131. The molecule has 1 fully saturated rings. The molecule has 29 heavy (non-hydrogen) atoms. The predicted octanol–water partition coefficient (Wildman–Crippen LogP) is 1.27. The second kappa shape index (κ2) is 8.52. The maximum Gasteiger partial charge on any atom is 0.285 e. The minimum Gasteiger partial charge on any atom is -0.355 e. The summed E-state index contributed by atoms with van der Waals surface area (Å²) in [6.45, 7) is 6.57. The number of piperidine rings is 1. The third-order valence-electron chi connectivity index (χ3n) is 5.46. The van der Waals surface area contributed by atoms with Gasteiger partial charge in [-0.2, -0.15) is 8.42 Å². The van der Waals surface area contributed by atoms with Crippen molar-refractivity contribution in [1.82, 2.24) is 15.5 Å². The number of amidine groups is 1. The fourth-order valence-electron chi connectivity index (χ4n) is 3.57. The van der Waals surface area contributed by atoms with E-state index in [1.54, 1.807) is 31.2 Å². The molecule has 1 aromatic carbocycles. The Morgan fingerprint density at radius 3 is 2.69 bits per heavy atom. The Morgan fingerprint density at radius 2 is 1.97 bits per heavy atom. The van der Waals surface area contributed by atoms with Crippen molar-refractivity contribution in [3.05, 3.63) is 29.8 Å². The Hall–Kier alpha value is -2.42. The first kappa shape index (κ1) is 21.3. The number of sulfonamides is 1. The summed E-state index contributed by atoms with van der Waals surface area (Å²) in [7, 11) is -3.69. The van der Waals surface area contributed by atoms with Crippen LogP contribution < -0.4 is 10.6 Å². The summed E-state index contributed by atoms with van der Waals surface area (Å²) in [6.07, 6.45) is 2.24. The first-order chi connectivity index (χ1) is 13.7. The lowest BCUT2D eigenvalue weighted by Gasteiger charge is -2.33. The molecule has 0 bridgehead atoms. The van der Waals surface area contributed by atoms with E-state index in [2.05, 4.69) is 15.0 Å². The number of fused-ring (bicyclic) bond motifs is 1. The van der Waals surface area contributed by atoms with E-state index in [9.17, 15) is 18.0 Å². The number of benzene rings is 1. The van der Waals surface area contributed by atoms with Crippen molar-refractivity contribution >= 4 is 27.7 Å². The van der Waals surface area contributed by atoms with Crippen molar-refractivity contribution in [3.8, 4) is 0 Å². The molecular formula is C20H28N4O4S. The molecular weight excluding hydrogens is 392 g/mol. The molecule has 0 radical (unpaired) electrons. The Bertz CT molecular complexity index is 928. The van der Waals surface area contributed by atoms with Crippen LogP contribution in [0.1, 0.15) is 45.6 Å². The van der Waals surface area contributed by atoms with Gasteiger partial charge in [-0.1, -0.05) is 19.1 Å². The molecule has 2 aliphatic rings. The van der Waals surface area contributed by atoms with Gasteiger partial charge in [0.25, 0.3) is 10.0 Å². The summed E-state index contributed by atoms with van der Waals surface area (Å²) in [4.78, 5) is 27.0. The molecule has 0 spiro atoms. The Balaban J connectivity index is 1.67. The van der Waals surface area contributed by atoms with Crippen molar-refractivity contribution in [2.24, 2.45) is 10.3 Å². The van der Waals surface area contributed by atoms with Crippen LogP contribution in [0.4, 0.5) is 0 Å². The highest BCUT2D eigenvalue weighted by Gasteiger charge is 2.35. The lowest BCUT2D eigenvalue weighted by atomic mass is 9.96. The van der Waals surface area contributed by atoms with Gasteiger partial charge in [0.05, 0.1) is 5.92 Å². The largest absolute Gasteiger partial charge is 0.355 e. The Kier molecular flexibility index (Phi) is 6.26. The zero-order chi connectivity index (χ0) is 21.2. The van der Waals surface area contributed by atoms with Gasteiger partial charge in [-0.15, -0.1) is 4.40 Å². The quantitative estimate of drug-likeness (QED) is 0.746. The van der Waals surface area contributed by atoms with Gasteiger partial charge >= 0.3 is 0 Å². The number of amides is 2. The topological polar surface area (TPSA) is 108 Å². The molecule has 3 rings (SSSR count). The second-order valence-corrected chi connectivity index (χ2v) is 9.29. The van der Waals surface area contributed by atoms with Gasteiger partial charge < -0.3 is 15.5 Å². The van der Waals surface area contributed by atoms with E-state index in [-0.39, 0.29) is 28.7 Å². The van der Waals surface area contributed by atoms with E-state index in [0.29, 0.717) is 30.9 Å². The molecule has 1 aromatic rings. The van der Waals surface area contributed by atoms with E-state index in [0.717, 1.165) is 12.8 Å². The number of rotatable bonds is 5.